The van der Waals surface area contributed by atoms with E-state index in [4.69, 9.17) is 23.2 Å². The van der Waals surface area contributed by atoms with Gasteiger partial charge in [-0.1, -0.05) is 35.3 Å². The Labute approximate surface area is 168 Å². The number of anilines is 2. The second-order valence-corrected chi connectivity index (χ2v) is 7.07. The summed E-state index contributed by atoms with van der Waals surface area (Å²) in [6.07, 6.45) is 0. The molecule has 0 bridgehead atoms. The first-order chi connectivity index (χ1) is 13.0. The largest absolute Gasteiger partial charge is 0.324 e. The molecule has 0 atom stereocenters. The van der Waals surface area contributed by atoms with Crippen molar-refractivity contribution in [1.29, 1.82) is 0 Å². The normalized spacial score (nSPS) is 14.7. The third kappa shape index (κ3) is 5.60. The number of hydrogen-bond acceptors (Lipinski definition) is 3. The molecule has 2 aromatic rings. The lowest BCUT2D eigenvalue weighted by Crippen LogP contribution is -2.51. The Kier molecular flexibility index (Phi) is 6.55. The number of carbonyl (C=O) groups excluding carboxylic acids is 2. The number of halogens is 2. The molecule has 1 aliphatic heterocycles. The van der Waals surface area contributed by atoms with E-state index in [-0.39, 0.29) is 18.5 Å². The fourth-order valence-electron chi connectivity index (χ4n) is 2.80. The molecule has 6 nitrogen and oxygen atoms in total. The minimum atomic E-state index is -0.155. The number of hydrogen-bond donors (Lipinski definition) is 2. The second kappa shape index (κ2) is 9.08. The number of benzene rings is 2. The van der Waals surface area contributed by atoms with Gasteiger partial charge in [-0.05, 0) is 36.4 Å². The van der Waals surface area contributed by atoms with Crippen LogP contribution in [0.15, 0.2) is 48.5 Å². The number of rotatable bonds is 4. The van der Waals surface area contributed by atoms with Gasteiger partial charge in [0.05, 0.1) is 17.3 Å². The van der Waals surface area contributed by atoms with Crippen molar-refractivity contribution in [2.75, 3.05) is 43.4 Å². The first-order valence-electron chi connectivity index (χ1n) is 8.59. The van der Waals surface area contributed by atoms with Gasteiger partial charge in [-0.2, -0.15) is 0 Å². The first-order valence-corrected chi connectivity index (χ1v) is 9.35. The summed E-state index contributed by atoms with van der Waals surface area (Å²) in [4.78, 5) is 28.3. The molecule has 1 aliphatic rings. The van der Waals surface area contributed by atoms with Crippen molar-refractivity contribution in [3.05, 3.63) is 58.6 Å². The summed E-state index contributed by atoms with van der Waals surface area (Å²) in [6, 6.07) is 13.9. The predicted molar refractivity (Wildman–Crippen MR) is 109 cm³/mol. The first kappa shape index (κ1) is 19.5. The smallest absolute Gasteiger partial charge is 0.321 e. The molecule has 0 saturated carbocycles. The molecule has 3 rings (SSSR count). The zero-order valence-electron chi connectivity index (χ0n) is 14.6. The minimum Gasteiger partial charge on any atom is -0.324 e. The average molecular weight is 407 g/mol. The summed E-state index contributed by atoms with van der Waals surface area (Å²) in [5.74, 6) is -0.123. The molecule has 142 valence electrons. The lowest BCUT2D eigenvalue weighted by molar-refractivity contribution is -0.117. The van der Waals surface area contributed by atoms with Crippen LogP contribution in [0.5, 0.6) is 0 Å². The van der Waals surface area contributed by atoms with E-state index in [1.807, 2.05) is 17.0 Å². The molecule has 2 aromatic carbocycles. The zero-order valence-corrected chi connectivity index (χ0v) is 16.1. The molecule has 8 heteroatoms. The van der Waals surface area contributed by atoms with E-state index < -0.39 is 0 Å². The molecule has 27 heavy (non-hydrogen) atoms. The van der Waals surface area contributed by atoms with E-state index in [1.165, 1.54) is 0 Å². The minimum absolute atomic E-state index is 0.123. The molecule has 0 aromatic heterocycles. The standard InChI is InChI=1S/C19H20Cl2N4O2/c20-14-5-7-15(8-6-14)22-19(27)25-11-9-24(10-12-25)13-18(26)23-17-4-2-1-3-16(17)21/h1-8H,9-13H2,(H,22,27)(H,23,26). The van der Waals surface area contributed by atoms with Gasteiger partial charge in [-0.15, -0.1) is 0 Å². The Bertz CT molecular complexity index is 806. The van der Waals surface area contributed by atoms with Gasteiger partial charge in [0.15, 0.2) is 0 Å². The zero-order chi connectivity index (χ0) is 19.2. The molecule has 1 saturated heterocycles. The van der Waals surface area contributed by atoms with Gasteiger partial charge in [0.1, 0.15) is 0 Å². The molecular formula is C19H20Cl2N4O2. The molecule has 0 radical (unpaired) electrons. The fraction of sp³-hybridized carbons (Fsp3) is 0.263. The van der Waals surface area contributed by atoms with E-state index in [9.17, 15) is 9.59 Å². The topological polar surface area (TPSA) is 64.7 Å². The second-order valence-electron chi connectivity index (χ2n) is 6.23. The SMILES string of the molecule is O=C(CN1CCN(C(=O)Nc2ccc(Cl)cc2)CC1)Nc1ccccc1Cl. The van der Waals surface area contributed by atoms with Crippen LogP contribution in [-0.4, -0.2) is 54.5 Å². The Morgan fingerprint density at radius 3 is 2.22 bits per heavy atom. The van der Waals surface area contributed by atoms with Crippen LogP contribution in [0.4, 0.5) is 16.2 Å². The summed E-state index contributed by atoms with van der Waals surface area (Å²) in [7, 11) is 0. The average Bonchev–Trinajstić information content (AvgIpc) is 2.66. The Balaban J connectivity index is 1.44. The molecule has 3 amide bonds. The number of urea groups is 1. The van der Waals surface area contributed by atoms with Gasteiger partial charge in [-0.3, -0.25) is 9.69 Å². The third-order valence-electron chi connectivity index (χ3n) is 4.27. The van der Waals surface area contributed by atoms with Crippen molar-refractivity contribution in [3.8, 4) is 0 Å². The van der Waals surface area contributed by atoms with E-state index in [0.717, 1.165) is 0 Å². The lowest BCUT2D eigenvalue weighted by atomic mass is 10.3. The van der Waals surface area contributed by atoms with Crippen molar-refractivity contribution in [2.24, 2.45) is 0 Å². The van der Waals surface area contributed by atoms with Crippen LogP contribution in [0.3, 0.4) is 0 Å². The van der Waals surface area contributed by atoms with Crippen LogP contribution in [0.1, 0.15) is 0 Å². The van der Waals surface area contributed by atoms with Crippen molar-refractivity contribution in [2.45, 2.75) is 0 Å². The number of nitrogens with zero attached hydrogens (tertiary/aromatic N) is 2. The molecular weight excluding hydrogens is 387 g/mol. The summed E-state index contributed by atoms with van der Waals surface area (Å²) >= 11 is 11.9. The highest BCUT2D eigenvalue weighted by atomic mass is 35.5. The van der Waals surface area contributed by atoms with E-state index in [1.54, 1.807) is 41.3 Å². The number of para-hydroxylation sites is 1. The van der Waals surface area contributed by atoms with Gasteiger partial charge < -0.3 is 15.5 Å². The van der Waals surface area contributed by atoms with Crippen LogP contribution < -0.4 is 10.6 Å². The Morgan fingerprint density at radius 2 is 1.56 bits per heavy atom. The van der Waals surface area contributed by atoms with Crippen molar-refractivity contribution in [1.82, 2.24) is 9.80 Å². The Morgan fingerprint density at radius 1 is 0.889 bits per heavy atom. The van der Waals surface area contributed by atoms with Crippen molar-refractivity contribution >= 4 is 46.5 Å². The fourth-order valence-corrected chi connectivity index (χ4v) is 3.11. The quantitative estimate of drug-likeness (QED) is 0.811. The maximum absolute atomic E-state index is 12.3. The lowest BCUT2D eigenvalue weighted by Gasteiger charge is -2.34. The molecule has 1 heterocycles. The molecule has 0 aliphatic carbocycles. The van der Waals surface area contributed by atoms with Crippen molar-refractivity contribution in [3.63, 3.8) is 0 Å². The highest BCUT2D eigenvalue weighted by molar-refractivity contribution is 6.33. The van der Waals surface area contributed by atoms with Crippen LogP contribution >= 0.6 is 23.2 Å². The van der Waals surface area contributed by atoms with E-state index in [0.29, 0.717) is 47.6 Å². The van der Waals surface area contributed by atoms with Crippen LogP contribution in [0.2, 0.25) is 10.0 Å². The summed E-state index contributed by atoms with van der Waals surface area (Å²) in [5.41, 5.74) is 1.30. The Hall–Kier alpha value is -2.28. The molecule has 0 unspecified atom stereocenters. The molecule has 0 spiro atoms. The summed E-state index contributed by atoms with van der Waals surface area (Å²) < 4.78 is 0. The van der Waals surface area contributed by atoms with Gasteiger partial charge in [-0.25, -0.2) is 4.79 Å². The molecule has 2 N–H and O–H groups in total. The number of amides is 3. The monoisotopic (exact) mass is 406 g/mol. The van der Waals surface area contributed by atoms with Gasteiger partial charge in [0.2, 0.25) is 5.91 Å². The van der Waals surface area contributed by atoms with Crippen LogP contribution in [0.25, 0.3) is 0 Å². The van der Waals surface area contributed by atoms with E-state index in [2.05, 4.69) is 10.6 Å². The summed E-state index contributed by atoms with van der Waals surface area (Å²) in [6.45, 7) is 2.63. The van der Waals surface area contributed by atoms with Gasteiger partial charge >= 0.3 is 6.03 Å². The molecule has 1 fully saturated rings. The number of nitrogens with one attached hydrogen (secondary N) is 2. The third-order valence-corrected chi connectivity index (χ3v) is 4.85. The maximum atomic E-state index is 12.3. The maximum Gasteiger partial charge on any atom is 0.321 e. The van der Waals surface area contributed by atoms with Crippen LogP contribution in [-0.2, 0) is 4.79 Å². The van der Waals surface area contributed by atoms with Gasteiger partial charge in [0.25, 0.3) is 0 Å². The summed E-state index contributed by atoms with van der Waals surface area (Å²) in [5, 5.41) is 6.79. The highest BCUT2D eigenvalue weighted by Crippen LogP contribution is 2.20. The predicted octanol–water partition coefficient (Wildman–Crippen LogP) is 3.78. The van der Waals surface area contributed by atoms with Crippen molar-refractivity contribution < 1.29 is 9.59 Å². The van der Waals surface area contributed by atoms with Crippen LogP contribution in [0, 0.1) is 0 Å². The number of piperazine rings is 1. The number of carbonyl (C=O) groups is 2. The highest BCUT2D eigenvalue weighted by Gasteiger charge is 2.22. The van der Waals surface area contributed by atoms with E-state index >= 15 is 0 Å². The van der Waals surface area contributed by atoms with Gasteiger partial charge in [0, 0.05) is 36.9 Å².